The molecule has 0 aliphatic rings. The average Bonchev–Trinajstić information content (AvgIpc) is 2.15. The maximum atomic E-state index is 11.7. The molecule has 0 radical (unpaired) electrons. The van der Waals surface area contributed by atoms with Crippen molar-refractivity contribution in [2.75, 3.05) is 19.6 Å². The summed E-state index contributed by atoms with van der Waals surface area (Å²) in [6, 6.07) is -0.166. The Morgan fingerprint density at radius 1 is 1.29 bits per heavy atom. The molecule has 0 aliphatic carbocycles. The van der Waals surface area contributed by atoms with Gasteiger partial charge in [0.1, 0.15) is 0 Å². The Morgan fingerprint density at radius 3 is 2.07 bits per heavy atom. The monoisotopic (exact) mass is 223 g/mol. The molecule has 0 aromatic carbocycles. The van der Waals surface area contributed by atoms with E-state index in [1.807, 2.05) is 20.8 Å². The van der Waals surface area contributed by atoms with E-state index in [1.165, 1.54) is 4.31 Å². The number of hydrogen-bond donors (Lipinski definition) is 2. The third kappa shape index (κ3) is 3.91. The van der Waals surface area contributed by atoms with E-state index in [0.717, 1.165) is 0 Å². The highest BCUT2D eigenvalue weighted by atomic mass is 32.2. The van der Waals surface area contributed by atoms with Gasteiger partial charge in [-0.05, 0) is 6.42 Å². The third-order valence-corrected chi connectivity index (χ3v) is 3.97. The van der Waals surface area contributed by atoms with Crippen molar-refractivity contribution in [1.82, 2.24) is 9.03 Å². The average molecular weight is 223 g/mol. The van der Waals surface area contributed by atoms with Gasteiger partial charge in [-0.25, -0.2) is 0 Å². The van der Waals surface area contributed by atoms with Gasteiger partial charge in [0.2, 0.25) is 0 Å². The number of hydrogen-bond acceptors (Lipinski definition) is 3. The van der Waals surface area contributed by atoms with Gasteiger partial charge in [-0.2, -0.15) is 17.4 Å². The highest BCUT2D eigenvalue weighted by molar-refractivity contribution is 7.87. The zero-order valence-electron chi connectivity index (χ0n) is 9.16. The maximum Gasteiger partial charge on any atom is 0.279 e. The molecule has 0 bridgehead atoms. The van der Waals surface area contributed by atoms with Crippen LogP contribution in [0.3, 0.4) is 0 Å². The van der Waals surface area contributed by atoms with Crippen LogP contribution < -0.4 is 10.5 Å². The smallest absolute Gasteiger partial charge is 0.279 e. The Morgan fingerprint density at radius 2 is 1.79 bits per heavy atom. The van der Waals surface area contributed by atoms with Crippen molar-refractivity contribution in [3.05, 3.63) is 0 Å². The number of rotatable bonds is 7. The minimum atomic E-state index is -3.34. The van der Waals surface area contributed by atoms with E-state index in [4.69, 9.17) is 5.73 Å². The van der Waals surface area contributed by atoms with Crippen LogP contribution in [0.1, 0.15) is 27.2 Å². The Balaban J connectivity index is 4.46. The molecule has 0 aliphatic heterocycles. The summed E-state index contributed by atoms with van der Waals surface area (Å²) in [5.41, 5.74) is 5.43. The van der Waals surface area contributed by atoms with Crippen molar-refractivity contribution in [2.45, 2.75) is 33.2 Å². The summed E-state index contributed by atoms with van der Waals surface area (Å²) in [6.07, 6.45) is 0.705. The fraction of sp³-hybridized carbons (Fsp3) is 1.00. The van der Waals surface area contributed by atoms with Gasteiger partial charge in [0.05, 0.1) is 0 Å². The van der Waals surface area contributed by atoms with Crippen molar-refractivity contribution in [1.29, 1.82) is 0 Å². The van der Waals surface area contributed by atoms with Crippen molar-refractivity contribution in [3.8, 4) is 0 Å². The lowest BCUT2D eigenvalue weighted by atomic mass is 10.2. The molecule has 1 unspecified atom stereocenters. The van der Waals surface area contributed by atoms with Crippen molar-refractivity contribution < 1.29 is 8.42 Å². The molecule has 0 aromatic rings. The fourth-order valence-corrected chi connectivity index (χ4v) is 2.66. The van der Waals surface area contributed by atoms with Crippen LogP contribution in [0.25, 0.3) is 0 Å². The summed E-state index contributed by atoms with van der Waals surface area (Å²) >= 11 is 0. The lowest BCUT2D eigenvalue weighted by molar-refractivity contribution is 0.423. The van der Waals surface area contributed by atoms with Gasteiger partial charge in [0, 0.05) is 25.7 Å². The Hall–Kier alpha value is -0.170. The van der Waals surface area contributed by atoms with Crippen LogP contribution in [-0.2, 0) is 10.2 Å². The predicted molar refractivity (Wildman–Crippen MR) is 58.1 cm³/mol. The first-order valence-electron chi connectivity index (χ1n) is 4.99. The van der Waals surface area contributed by atoms with Crippen LogP contribution in [0.5, 0.6) is 0 Å². The normalized spacial score (nSPS) is 14.6. The highest BCUT2D eigenvalue weighted by Gasteiger charge is 2.21. The first kappa shape index (κ1) is 13.8. The van der Waals surface area contributed by atoms with Gasteiger partial charge >= 0.3 is 0 Å². The number of nitrogens with two attached hydrogens (primary N) is 1. The Kier molecular flexibility index (Phi) is 6.26. The van der Waals surface area contributed by atoms with Crippen LogP contribution in [0.2, 0.25) is 0 Å². The summed E-state index contributed by atoms with van der Waals surface area (Å²) in [5, 5.41) is 0. The lowest BCUT2D eigenvalue weighted by Crippen LogP contribution is -2.47. The largest absolute Gasteiger partial charge is 0.329 e. The van der Waals surface area contributed by atoms with E-state index < -0.39 is 10.2 Å². The maximum absolute atomic E-state index is 11.7. The molecule has 3 N–H and O–H groups in total. The number of nitrogens with one attached hydrogen (secondary N) is 1. The van der Waals surface area contributed by atoms with E-state index in [0.29, 0.717) is 26.1 Å². The topological polar surface area (TPSA) is 75.4 Å². The minimum absolute atomic E-state index is 0.166. The summed E-state index contributed by atoms with van der Waals surface area (Å²) in [7, 11) is -3.34. The van der Waals surface area contributed by atoms with Gasteiger partial charge in [0.25, 0.3) is 10.2 Å². The Bertz CT molecular complexity index is 233. The van der Waals surface area contributed by atoms with E-state index in [1.54, 1.807) is 0 Å². The summed E-state index contributed by atoms with van der Waals surface area (Å²) in [6.45, 7) is 6.82. The van der Waals surface area contributed by atoms with Crippen LogP contribution in [0.15, 0.2) is 0 Å². The summed E-state index contributed by atoms with van der Waals surface area (Å²) in [4.78, 5) is 0. The third-order valence-electron chi connectivity index (χ3n) is 2.14. The van der Waals surface area contributed by atoms with E-state index in [2.05, 4.69) is 4.72 Å². The molecule has 86 valence electrons. The van der Waals surface area contributed by atoms with Gasteiger partial charge < -0.3 is 5.73 Å². The van der Waals surface area contributed by atoms with Crippen LogP contribution in [0, 0.1) is 0 Å². The Labute approximate surface area is 86.8 Å². The molecule has 6 heteroatoms. The molecule has 0 amide bonds. The lowest BCUT2D eigenvalue weighted by Gasteiger charge is -2.22. The van der Waals surface area contributed by atoms with Crippen molar-refractivity contribution in [3.63, 3.8) is 0 Å². The summed E-state index contributed by atoms with van der Waals surface area (Å²) < 4.78 is 27.3. The molecule has 0 saturated carbocycles. The highest BCUT2D eigenvalue weighted by Crippen LogP contribution is 1.99. The molecular weight excluding hydrogens is 202 g/mol. The minimum Gasteiger partial charge on any atom is -0.329 e. The zero-order chi connectivity index (χ0) is 11.2. The molecule has 0 fully saturated rings. The second-order valence-corrected chi connectivity index (χ2v) is 4.75. The quantitative estimate of drug-likeness (QED) is 0.633. The zero-order valence-corrected chi connectivity index (χ0v) is 9.97. The molecule has 1 atom stereocenters. The van der Waals surface area contributed by atoms with Crippen LogP contribution >= 0.6 is 0 Å². The summed E-state index contributed by atoms with van der Waals surface area (Å²) in [5.74, 6) is 0. The van der Waals surface area contributed by atoms with E-state index >= 15 is 0 Å². The predicted octanol–water partition coefficient (Wildman–Crippen LogP) is -0.100. The van der Waals surface area contributed by atoms with Crippen LogP contribution in [-0.4, -0.2) is 38.4 Å². The molecule has 0 spiro atoms. The molecule has 0 aromatic heterocycles. The molecule has 0 rings (SSSR count). The molecule has 0 heterocycles. The second kappa shape index (κ2) is 6.34. The van der Waals surface area contributed by atoms with Gasteiger partial charge in [-0.1, -0.05) is 20.8 Å². The molecule has 5 nitrogen and oxygen atoms in total. The molecular formula is C8H21N3O2S. The van der Waals surface area contributed by atoms with Gasteiger partial charge in [-0.3, -0.25) is 0 Å². The van der Waals surface area contributed by atoms with Crippen molar-refractivity contribution in [2.24, 2.45) is 5.73 Å². The molecule has 14 heavy (non-hydrogen) atoms. The fourth-order valence-electron chi connectivity index (χ4n) is 1.15. The number of nitrogens with zero attached hydrogens (tertiary/aromatic N) is 1. The van der Waals surface area contributed by atoms with Gasteiger partial charge in [0.15, 0.2) is 0 Å². The van der Waals surface area contributed by atoms with E-state index in [-0.39, 0.29) is 6.04 Å². The van der Waals surface area contributed by atoms with Crippen molar-refractivity contribution >= 4 is 10.2 Å². The van der Waals surface area contributed by atoms with Crippen LogP contribution in [0.4, 0.5) is 0 Å². The first-order valence-corrected chi connectivity index (χ1v) is 6.43. The molecule has 0 saturated heterocycles. The standard InChI is InChI=1S/C8H21N3O2S/c1-4-8(7-9)10-14(12,13)11(5-2)6-3/h8,10H,4-7,9H2,1-3H3. The van der Waals surface area contributed by atoms with E-state index in [9.17, 15) is 8.42 Å². The SMILES string of the molecule is CCC(CN)NS(=O)(=O)N(CC)CC. The first-order chi connectivity index (χ1) is 6.51. The van der Waals surface area contributed by atoms with Gasteiger partial charge in [-0.15, -0.1) is 0 Å². The second-order valence-electron chi connectivity index (χ2n) is 3.05.